The normalized spacial score (nSPS) is 10.8. The number of nitrogens with one attached hydrogen (secondary N) is 1. The van der Waals surface area contributed by atoms with Crippen molar-refractivity contribution in [3.05, 3.63) is 63.5 Å². The Balaban J connectivity index is 2.03. The van der Waals surface area contributed by atoms with Crippen LogP contribution in [-0.2, 0) is 6.61 Å². The maximum Gasteiger partial charge on any atom is 0.146 e. The van der Waals surface area contributed by atoms with Gasteiger partial charge in [-0.05, 0) is 19.1 Å². The average molecular weight is 378 g/mol. The summed E-state index contributed by atoms with van der Waals surface area (Å²) in [6.07, 6.45) is 3.05. The third-order valence-electron chi connectivity index (χ3n) is 3.51. The smallest absolute Gasteiger partial charge is 0.146 e. The summed E-state index contributed by atoms with van der Waals surface area (Å²) in [4.78, 5) is 8.47. The van der Waals surface area contributed by atoms with Crippen molar-refractivity contribution in [1.82, 2.24) is 9.97 Å². The van der Waals surface area contributed by atoms with Crippen molar-refractivity contribution in [1.29, 1.82) is 5.41 Å². The van der Waals surface area contributed by atoms with E-state index in [-0.39, 0.29) is 11.7 Å². The molecule has 0 saturated heterocycles. The molecule has 0 atom stereocenters. The number of hydrogen-bond acceptors (Lipinski definition) is 4. The molecule has 0 fully saturated rings. The molecule has 24 heavy (non-hydrogen) atoms. The molecule has 1 N–H and O–H groups in total. The summed E-state index contributed by atoms with van der Waals surface area (Å²) in [5.74, 6) is 0.593. The molecule has 2 heterocycles. The molecule has 0 unspecified atom stereocenters. The minimum atomic E-state index is 0.183. The number of rotatable bonds is 4. The number of fused-ring (bicyclic) bond motifs is 1. The molecule has 1 aromatic carbocycles. The van der Waals surface area contributed by atoms with E-state index in [1.165, 1.54) is 12.4 Å². The zero-order valence-corrected chi connectivity index (χ0v) is 15.1. The molecule has 0 spiro atoms. The predicted octanol–water partition coefficient (Wildman–Crippen LogP) is 5.08. The minimum absolute atomic E-state index is 0.183. The van der Waals surface area contributed by atoms with Gasteiger partial charge < -0.3 is 4.74 Å². The molecule has 3 rings (SSSR count). The number of aryl methyl sites for hydroxylation is 1. The quantitative estimate of drug-likeness (QED) is 0.378. The van der Waals surface area contributed by atoms with Crippen LogP contribution in [0.4, 0.5) is 0 Å². The Bertz CT molecular complexity index is 926. The van der Waals surface area contributed by atoms with E-state index in [0.29, 0.717) is 32.4 Å². The fourth-order valence-electron chi connectivity index (χ4n) is 2.39. The van der Waals surface area contributed by atoms with Crippen LogP contribution < -0.4 is 4.74 Å². The fraction of sp³-hybridized carbons (Fsp3) is 0.118. The van der Waals surface area contributed by atoms with Gasteiger partial charge in [0.25, 0.3) is 0 Å². The summed E-state index contributed by atoms with van der Waals surface area (Å²) in [7, 11) is 0. The lowest BCUT2D eigenvalue weighted by molar-refractivity contribution is 0.309. The summed E-state index contributed by atoms with van der Waals surface area (Å²) in [5, 5.41) is 9.72. The van der Waals surface area contributed by atoms with Gasteiger partial charge in [-0.15, -0.1) is 12.6 Å². The first-order valence-electron chi connectivity index (χ1n) is 7.06. The summed E-state index contributed by atoms with van der Waals surface area (Å²) in [6.45, 7) is 2.07. The van der Waals surface area contributed by atoms with Gasteiger partial charge in [0.05, 0.1) is 15.1 Å². The lowest BCUT2D eigenvalue weighted by Crippen LogP contribution is -2.01. The van der Waals surface area contributed by atoms with Gasteiger partial charge >= 0.3 is 0 Å². The van der Waals surface area contributed by atoms with Crippen molar-refractivity contribution in [2.75, 3.05) is 0 Å². The van der Waals surface area contributed by atoms with Crippen molar-refractivity contribution in [2.24, 2.45) is 0 Å². The molecule has 0 aliphatic rings. The Labute approximate surface area is 154 Å². The number of para-hydroxylation sites is 1. The third kappa shape index (κ3) is 3.34. The molecule has 0 amide bonds. The second-order valence-electron chi connectivity index (χ2n) is 5.18. The highest BCUT2D eigenvalue weighted by Crippen LogP contribution is 2.30. The first kappa shape index (κ1) is 17.0. The van der Waals surface area contributed by atoms with Crippen LogP contribution in [-0.4, -0.2) is 15.0 Å². The molecule has 0 radical (unpaired) electrons. The Morgan fingerprint density at radius 2 is 1.96 bits per heavy atom. The summed E-state index contributed by atoms with van der Waals surface area (Å²) in [6, 6.07) is 7.40. The molecule has 0 saturated carbocycles. The van der Waals surface area contributed by atoms with Crippen LogP contribution in [0.1, 0.15) is 16.8 Å². The van der Waals surface area contributed by atoms with Gasteiger partial charge in [-0.3, -0.25) is 10.4 Å². The number of halogens is 2. The van der Waals surface area contributed by atoms with E-state index in [4.69, 9.17) is 33.3 Å². The van der Waals surface area contributed by atoms with Gasteiger partial charge in [-0.25, -0.2) is 4.98 Å². The monoisotopic (exact) mass is 377 g/mol. The third-order valence-corrected chi connectivity index (χ3v) is 4.40. The molecular weight excluding hydrogens is 365 g/mol. The van der Waals surface area contributed by atoms with Gasteiger partial charge in [0, 0.05) is 34.6 Å². The second-order valence-corrected chi connectivity index (χ2v) is 6.44. The van der Waals surface area contributed by atoms with Crippen LogP contribution >= 0.6 is 35.8 Å². The fourth-order valence-corrected chi connectivity index (χ4v) is 3.05. The molecule has 0 bridgehead atoms. The highest BCUT2D eigenvalue weighted by atomic mass is 35.5. The van der Waals surface area contributed by atoms with E-state index in [1.807, 2.05) is 31.2 Å². The highest BCUT2D eigenvalue weighted by molar-refractivity contribution is 7.97. The van der Waals surface area contributed by atoms with E-state index >= 15 is 0 Å². The number of aromatic nitrogens is 2. The van der Waals surface area contributed by atoms with Crippen LogP contribution in [0.2, 0.25) is 10.0 Å². The standard InChI is InChI=1S/C17H13Cl2N3OS/c1-9-5-11(17(20)24)10-3-2-4-15(16(10)22-9)23-8-12-13(18)6-21-7-14(12)19/h2-7H,8H2,1H3,(H2,20,24). The van der Waals surface area contributed by atoms with Gasteiger partial charge in [0.1, 0.15) is 17.9 Å². The number of hydrogen-bond donors (Lipinski definition) is 2. The van der Waals surface area contributed by atoms with Crippen LogP contribution in [0.3, 0.4) is 0 Å². The average Bonchev–Trinajstić information content (AvgIpc) is 2.53. The van der Waals surface area contributed by atoms with Crippen molar-refractivity contribution < 1.29 is 4.74 Å². The summed E-state index contributed by atoms with van der Waals surface area (Å²) in [5.41, 5.74) is 2.84. The lowest BCUT2D eigenvalue weighted by Gasteiger charge is -2.13. The zero-order valence-electron chi connectivity index (χ0n) is 12.7. The van der Waals surface area contributed by atoms with E-state index in [9.17, 15) is 0 Å². The number of pyridine rings is 2. The summed E-state index contributed by atoms with van der Waals surface area (Å²) >= 11 is 16.4. The van der Waals surface area contributed by atoms with E-state index in [1.54, 1.807) is 0 Å². The Morgan fingerprint density at radius 1 is 1.25 bits per heavy atom. The molecule has 0 aliphatic carbocycles. The predicted molar refractivity (Wildman–Crippen MR) is 101 cm³/mol. The maximum absolute atomic E-state index is 7.83. The Hall–Kier alpha value is -1.82. The van der Waals surface area contributed by atoms with Crippen LogP contribution in [0.15, 0.2) is 36.7 Å². The number of ether oxygens (including phenoxy) is 1. The molecular formula is C17H13Cl2N3OS. The van der Waals surface area contributed by atoms with Crippen LogP contribution in [0, 0.1) is 12.3 Å². The van der Waals surface area contributed by atoms with Crippen LogP contribution in [0.5, 0.6) is 5.75 Å². The van der Waals surface area contributed by atoms with E-state index in [0.717, 1.165) is 11.1 Å². The molecule has 122 valence electrons. The lowest BCUT2D eigenvalue weighted by atomic mass is 10.1. The van der Waals surface area contributed by atoms with Gasteiger partial charge in [-0.2, -0.15) is 0 Å². The first-order valence-corrected chi connectivity index (χ1v) is 8.26. The molecule has 0 aliphatic heterocycles. The van der Waals surface area contributed by atoms with E-state index in [2.05, 4.69) is 22.6 Å². The van der Waals surface area contributed by atoms with Gasteiger partial charge in [-0.1, -0.05) is 35.3 Å². The van der Waals surface area contributed by atoms with Crippen molar-refractivity contribution >= 4 is 51.8 Å². The van der Waals surface area contributed by atoms with Crippen LogP contribution in [0.25, 0.3) is 10.9 Å². The van der Waals surface area contributed by atoms with Gasteiger partial charge in [0.2, 0.25) is 0 Å². The number of nitrogens with zero attached hydrogens (tertiary/aromatic N) is 2. The maximum atomic E-state index is 7.83. The van der Waals surface area contributed by atoms with E-state index < -0.39 is 0 Å². The minimum Gasteiger partial charge on any atom is -0.487 e. The number of benzene rings is 1. The number of thiol groups is 1. The SMILES string of the molecule is Cc1cc(C(=N)S)c2cccc(OCc3c(Cl)cncc3Cl)c2n1. The molecule has 2 aromatic heterocycles. The van der Waals surface area contributed by atoms with Crippen molar-refractivity contribution in [3.8, 4) is 5.75 Å². The molecule has 7 heteroatoms. The van der Waals surface area contributed by atoms with Gasteiger partial charge in [0.15, 0.2) is 0 Å². The molecule has 4 nitrogen and oxygen atoms in total. The Kier molecular flexibility index (Phi) is 4.94. The Morgan fingerprint density at radius 3 is 2.62 bits per heavy atom. The largest absolute Gasteiger partial charge is 0.487 e. The van der Waals surface area contributed by atoms with Crippen molar-refractivity contribution in [2.45, 2.75) is 13.5 Å². The second kappa shape index (κ2) is 6.97. The first-order chi connectivity index (χ1) is 11.5. The summed E-state index contributed by atoms with van der Waals surface area (Å²) < 4.78 is 5.90. The zero-order chi connectivity index (χ0) is 17.3. The van der Waals surface area contributed by atoms with Crippen molar-refractivity contribution in [3.63, 3.8) is 0 Å². The molecule has 3 aromatic rings. The highest BCUT2D eigenvalue weighted by Gasteiger charge is 2.12. The topological polar surface area (TPSA) is 58.9 Å².